The molecule has 3 rings (SSSR count). The summed E-state index contributed by atoms with van der Waals surface area (Å²) < 4.78 is 24.1. The van der Waals surface area contributed by atoms with E-state index in [1.54, 1.807) is 12.1 Å². The Labute approximate surface area is 131 Å². The molecule has 0 unspecified atom stereocenters. The molecule has 0 bridgehead atoms. The van der Waals surface area contributed by atoms with Crippen molar-refractivity contribution in [2.24, 2.45) is 0 Å². The van der Waals surface area contributed by atoms with E-state index in [9.17, 15) is 13.6 Å². The quantitative estimate of drug-likeness (QED) is 0.694. The van der Waals surface area contributed by atoms with Crippen molar-refractivity contribution >= 4 is 20.8 Å². The third-order valence-electron chi connectivity index (χ3n) is 4.55. The van der Waals surface area contributed by atoms with Crippen LogP contribution in [0.3, 0.4) is 0 Å². The van der Waals surface area contributed by atoms with Crippen molar-refractivity contribution in [2.75, 3.05) is 14.1 Å². The van der Waals surface area contributed by atoms with Gasteiger partial charge in [0, 0.05) is 0 Å². The van der Waals surface area contributed by atoms with Crippen LogP contribution >= 0.6 is 0 Å². The average Bonchev–Trinajstić information content (AvgIpc) is 2.99. The Hall–Kier alpha value is -1.43. The standard InChI is InChI=1S/C17H22NO3S/c1-18(2,19)22(20,21)15-11-14-9-5-6-10-16(14)17(12-15)13-7-3-4-8-13/h5-6,9-13,19H,3-4,7-8H2,1-2H3/q+1. The lowest BCUT2D eigenvalue weighted by Gasteiger charge is -2.21. The predicted octanol–water partition coefficient (Wildman–Crippen LogP) is 3.65. The molecule has 2 aromatic rings. The first kappa shape index (κ1) is 15.5. The lowest BCUT2D eigenvalue weighted by molar-refractivity contribution is -0.968. The van der Waals surface area contributed by atoms with E-state index in [-0.39, 0.29) is 4.90 Å². The van der Waals surface area contributed by atoms with Gasteiger partial charge in [0.2, 0.25) is 0 Å². The maximum absolute atomic E-state index is 12.6. The highest BCUT2D eigenvalue weighted by atomic mass is 32.2. The van der Waals surface area contributed by atoms with E-state index in [1.807, 2.05) is 18.2 Å². The predicted molar refractivity (Wildman–Crippen MR) is 86.2 cm³/mol. The molecule has 4 nitrogen and oxygen atoms in total. The summed E-state index contributed by atoms with van der Waals surface area (Å²) in [5, 5.41) is 12.0. The minimum absolute atomic E-state index is 0.195. The van der Waals surface area contributed by atoms with Crippen molar-refractivity contribution in [1.82, 2.24) is 0 Å². The van der Waals surface area contributed by atoms with Crippen LogP contribution in [-0.4, -0.2) is 31.8 Å². The van der Waals surface area contributed by atoms with E-state index >= 15 is 0 Å². The molecule has 5 heteroatoms. The van der Waals surface area contributed by atoms with Crippen LogP contribution in [0.15, 0.2) is 41.3 Å². The summed E-state index contributed by atoms with van der Waals surface area (Å²) in [5.74, 6) is 0.411. The van der Waals surface area contributed by atoms with Gasteiger partial charge >= 0.3 is 10.0 Å². The van der Waals surface area contributed by atoms with Gasteiger partial charge < -0.3 is 0 Å². The monoisotopic (exact) mass is 320 g/mol. The van der Waals surface area contributed by atoms with E-state index < -0.39 is 14.1 Å². The molecule has 0 radical (unpaired) electrons. The van der Waals surface area contributed by atoms with Gasteiger partial charge in [-0.3, -0.25) is 0 Å². The Kier molecular flexibility index (Phi) is 3.75. The highest BCUT2D eigenvalue weighted by Gasteiger charge is 2.35. The van der Waals surface area contributed by atoms with Crippen molar-refractivity contribution in [3.8, 4) is 0 Å². The van der Waals surface area contributed by atoms with Gasteiger partial charge in [-0.1, -0.05) is 41.2 Å². The first-order chi connectivity index (χ1) is 10.3. The Balaban J connectivity index is 2.25. The summed E-state index contributed by atoms with van der Waals surface area (Å²) in [7, 11) is -1.30. The number of nitrogens with zero attached hydrogens (tertiary/aromatic N) is 1. The molecule has 0 atom stereocenters. The molecule has 118 valence electrons. The molecule has 2 aromatic carbocycles. The SMILES string of the molecule is C[N+](C)(O)S(=O)(=O)c1cc(C2CCCC2)c2ccccc2c1. The second-order valence-electron chi connectivity index (χ2n) is 6.48. The maximum atomic E-state index is 12.6. The summed E-state index contributed by atoms with van der Waals surface area (Å²) in [5.41, 5.74) is 1.10. The fourth-order valence-corrected chi connectivity index (χ4v) is 4.36. The largest absolute Gasteiger partial charge is 0.356 e. The van der Waals surface area contributed by atoms with Crippen molar-refractivity contribution in [3.05, 3.63) is 42.0 Å². The van der Waals surface area contributed by atoms with Gasteiger partial charge in [-0.25, -0.2) is 5.21 Å². The highest BCUT2D eigenvalue weighted by molar-refractivity contribution is 7.85. The number of benzene rings is 2. The van der Waals surface area contributed by atoms with Gasteiger partial charge in [0.15, 0.2) is 0 Å². The average molecular weight is 320 g/mol. The second-order valence-corrected chi connectivity index (χ2v) is 8.80. The Morgan fingerprint density at radius 1 is 1.09 bits per heavy atom. The van der Waals surface area contributed by atoms with E-state index in [2.05, 4.69) is 6.07 Å². The van der Waals surface area contributed by atoms with Gasteiger partial charge in [-0.05, 0) is 47.2 Å². The molecule has 0 spiro atoms. The van der Waals surface area contributed by atoms with Crippen molar-refractivity contribution in [2.45, 2.75) is 36.5 Å². The number of sulfonamides is 1. The van der Waals surface area contributed by atoms with Crippen LogP contribution < -0.4 is 0 Å². The van der Waals surface area contributed by atoms with Crippen LogP contribution in [0.1, 0.15) is 37.2 Å². The molecule has 22 heavy (non-hydrogen) atoms. The lowest BCUT2D eigenvalue weighted by atomic mass is 9.92. The van der Waals surface area contributed by atoms with E-state index in [0.717, 1.165) is 29.2 Å². The Morgan fingerprint density at radius 3 is 2.36 bits per heavy atom. The van der Waals surface area contributed by atoms with E-state index in [1.165, 1.54) is 26.9 Å². The van der Waals surface area contributed by atoms with Crippen LogP contribution in [0.2, 0.25) is 0 Å². The van der Waals surface area contributed by atoms with Crippen LogP contribution in [0.25, 0.3) is 10.8 Å². The van der Waals surface area contributed by atoms with Crippen molar-refractivity contribution < 1.29 is 17.7 Å². The normalized spacial score (nSPS) is 17.2. The number of rotatable bonds is 3. The Morgan fingerprint density at radius 2 is 1.73 bits per heavy atom. The summed E-state index contributed by atoms with van der Waals surface area (Å²) in [6.45, 7) is 0. The summed E-state index contributed by atoms with van der Waals surface area (Å²) >= 11 is 0. The van der Waals surface area contributed by atoms with E-state index in [0.29, 0.717) is 5.92 Å². The van der Waals surface area contributed by atoms with Gasteiger partial charge in [0.25, 0.3) is 0 Å². The number of quaternary nitrogens is 1. The summed E-state index contributed by atoms with van der Waals surface area (Å²) in [4.78, 5) is 0.195. The van der Waals surface area contributed by atoms with Crippen LogP contribution in [0, 0.1) is 0 Å². The van der Waals surface area contributed by atoms with Crippen molar-refractivity contribution in [3.63, 3.8) is 0 Å². The molecule has 1 saturated carbocycles. The van der Waals surface area contributed by atoms with Crippen LogP contribution in [-0.2, 0) is 10.0 Å². The highest BCUT2D eigenvalue weighted by Crippen LogP contribution is 2.39. The summed E-state index contributed by atoms with van der Waals surface area (Å²) in [6.07, 6.45) is 4.59. The fourth-order valence-electron chi connectivity index (χ4n) is 3.29. The first-order valence-corrected chi connectivity index (χ1v) is 9.09. The molecule has 1 aliphatic carbocycles. The first-order valence-electron chi connectivity index (χ1n) is 7.65. The zero-order valence-corrected chi connectivity index (χ0v) is 13.8. The fraction of sp³-hybridized carbons (Fsp3) is 0.412. The third-order valence-corrected chi connectivity index (χ3v) is 6.56. The molecule has 0 aliphatic heterocycles. The number of hydrogen-bond donors (Lipinski definition) is 1. The van der Waals surface area contributed by atoms with Gasteiger partial charge in [0.1, 0.15) is 19.0 Å². The summed E-state index contributed by atoms with van der Waals surface area (Å²) in [6, 6.07) is 11.3. The minimum Gasteiger partial charge on any atom is -0.201 e. The van der Waals surface area contributed by atoms with Gasteiger partial charge in [-0.2, -0.15) is 8.42 Å². The van der Waals surface area contributed by atoms with E-state index in [4.69, 9.17) is 0 Å². The van der Waals surface area contributed by atoms with Crippen molar-refractivity contribution in [1.29, 1.82) is 0 Å². The topological polar surface area (TPSA) is 54.4 Å². The molecule has 1 aliphatic rings. The maximum Gasteiger partial charge on any atom is 0.356 e. The molecule has 0 aromatic heterocycles. The molecule has 0 heterocycles. The van der Waals surface area contributed by atoms with Crippen LogP contribution in [0.5, 0.6) is 0 Å². The third kappa shape index (κ3) is 2.53. The van der Waals surface area contributed by atoms with Gasteiger partial charge in [-0.15, -0.1) is 0 Å². The molecule has 0 amide bonds. The lowest BCUT2D eigenvalue weighted by Crippen LogP contribution is -2.41. The molecule has 1 N–H and O–H groups in total. The Bertz CT molecular complexity index is 800. The van der Waals surface area contributed by atoms with Gasteiger partial charge in [0.05, 0.1) is 0 Å². The zero-order valence-electron chi connectivity index (χ0n) is 13.0. The number of fused-ring (bicyclic) bond motifs is 1. The molecule has 0 saturated heterocycles. The zero-order chi connectivity index (χ0) is 16.0. The second kappa shape index (κ2) is 5.33. The number of hydrogen-bond acceptors (Lipinski definition) is 3. The van der Waals surface area contributed by atoms with Crippen LogP contribution in [0.4, 0.5) is 0 Å². The molecular weight excluding hydrogens is 298 g/mol. The minimum atomic E-state index is -3.83. The molecule has 1 fully saturated rings. The number of hydroxylamine groups is 2. The smallest absolute Gasteiger partial charge is 0.201 e. The molecular formula is C17H22NO3S+.